The van der Waals surface area contributed by atoms with Crippen LogP contribution in [0.3, 0.4) is 0 Å². The van der Waals surface area contributed by atoms with E-state index in [1.54, 1.807) is 0 Å². The molecule has 6 aromatic rings. The van der Waals surface area contributed by atoms with E-state index in [-0.39, 0.29) is 0 Å². The minimum absolute atomic E-state index is 0.579. The van der Waals surface area contributed by atoms with Gasteiger partial charge >= 0.3 is 7.69 Å². The average molecular weight is 470 g/mol. The smallest absolute Gasteiger partial charge is 0.537 e. The molecule has 5 aromatic carbocycles. The number of fused-ring (bicyclic) bond motifs is 3. The van der Waals surface area contributed by atoms with Gasteiger partial charge in [-0.1, -0.05) is 72.8 Å². The molecule has 6 rings (SSSR count). The van der Waals surface area contributed by atoms with Crippen molar-refractivity contribution in [1.29, 1.82) is 0 Å². The van der Waals surface area contributed by atoms with E-state index in [4.69, 9.17) is 9.68 Å². The standard InChI is InChI=1S/C30H21BNO2S/c33-31-34-25-19-17-24(18-20-25)32(23-15-13-22(14-16-23)21-7-2-1-3-8-21)28-11-6-10-27-26-9-4-5-12-29(26)35-30(27)28/h1-20,33H. The van der Waals surface area contributed by atoms with Crippen molar-refractivity contribution < 1.29 is 9.68 Å². The van der Waals surface area contributed by atoms with Crippen LogP contribution in [0.2, 0.25) is 0 Å². The molecular weight excluding hydrogens is 449 g/mol. The van der Waals surface area contributed by atoms with Gasteiger partial charge in [0.25, 0.3) is 0 Å². The Morgan fingerprint density at radius 3 is 1.97 bits per heavy atom. The molecule has 1 heterocycles. The van der Waals surface area contributed by atoms with Crippen LogP contribution in [0.15, 0.2) is 121 Å². The van der Waals surface area contributed by atoms with Crippen LogP contribution in [0, 0.1) is 0 Å². The molecule has 0 saturated carbocycles. The van der Waals surface area contributed by atoms with E-state index in [1.165, 1.54) is 31.3 Å². The van der Waals surface area contributed by atoms with E-state index < -0.39 is 0 Å². The zero-order valence-corrected chi connectivity index (χ0v) is 19.7. The summed E-state index contributed by atoms with van der Waals surface area (Å²) >= 11 is 1.81. The van der Waals surface area contributed by atoms with Gasteiger partial charge in [-0.25, -0.2) is 0 Å². The predicted octanol–water partition coefficient (Wildman–Crippen LogP) is 8.10. The highest BCUT2D eigenvalue weighted by molar-refractivity contribution is 7.26. The van der Waals surface area contributed by atoms with Crippen LogP contribution in [-0.4, -0.2) is 12.7 Å². The van der Waals surface area contributed by atoms with Gasteiger partial charge in [0.1, 0.15) is 5.75 Å². The summed E-state index contributed by atoms with van der Waals surface area (Å²) in [5.41, 5.74) is 5.57. The lowest BCUT2D eigenvalue weighted by Crippen LogP contribution is -2.10. The fraction of sp³-hybridized carbons (Fsp3) is 0. The van der Waals surface area contributed by atoms with E-state index in [9.17, 15) is 0 Å². The summed E-state index contributed by atoms with van der Waals surface area (Å²) in [6, 6.07) is 41.9. The maximum Gasteiger partial charge on any atom is 0.569 e. The largest absolute Gasteiger partial charge is 0.569 e. The zero-order valence-electron chi connectivity index (χ0n) is 18.8. The SMILES string of the molecule is O[B]Oc1ccc(N(c2ccc(-c3ccccc3)cc2)c2cccc3c2sc2ccccc23)cc1. The van der Waals surface area contributed by atoms with Crippen molar-refractivity contribution in [1.82, 2.24) is 0 Å². The molecule has 1 radical (unpaired) electrons. The Morgan fingerprint density at radius 2 is 1.23 bits per heavy atom. The van der Waals surface area contributed by atoms with E-state index in [1.807, 2.05) is 41.7 Å². The fourth-order valence-electron chi connectivity index (χ4n) is 4.50. The second-order valence-electron chi connectivity index (χ2n) is 8.22. The van der Waals surface area contributed by atoms with Crippen LogP contribution in [-0.2, 0) is 0 Å². The molecule has 0 spiro atoms. The number of nitrogens with zero attached hydrogens (tertiary/aromatic N) is 1. The number of anilines is 3. The first-order valence-electron chi connectivity index (χ1n) is 11.4. The number of hydrogen-bond acceptors (Lipinski definition) is 4. The fourth-order valence-corrected chi connectivity index (χ4v) is 5.71. The monoisotopic (exact) mass is 470 g/mol. The van der Waals surface area contributed by atoms with Crippen molar-refractivity contribution in [2.45, 2.75) is 0 Å². The van der Waals surface area contributed by atoms with Gasteiger partial charge in [-0.05, 0) is 59.7 Å². The van der Waals surface area contributed by atoms with E-state index in [0.717, 1.165) is 17.1 Å². The van der Waals surface area contributed by atoms with Gasteiger partial charge in [0.05, 0.1) is 10.4 Å². The number of rotatable bonds is 6. The lowest BCUT2D eigenvalue weighted by molar-refractivity contribution is 0.454. The highest BCUT2D eigenvalue weighted by atomic mass is 32.1. The highest BCUT2D eigenvalue weighted by Crippen LogP contribution is 2.45. The van der Waals surface area contributed by atoms with Crippen LogP contribution in [0.25, 0.3) is 31.3 Å². The van der Waals surface area contributed by atoms with Crippen LogP contribution in [0.4, 0.5) is 17.1 Å². The third kappa shape index (κ3) is 4.05. The molecule has 0 atom stereocenters. The van der Waals surface area contributed by atoms with Crippen LogP contribution >= 0.6 is 11.3 Å². The second kappa shape index (κ2) is 9.30. The Bertz CT molecular complexity index is 1600. The molecule has 167 valence electrons. The summed E-state index contributed by atoms with van der Waals surface area (Å²) in [6.45, 7) is 0. The number of benzene rings is 5. The molecule has 1 aromatic heterocycles. The molecule has 0 aliphatic heterocycles. The molecule has 0 bridgehead atoms. The summed E-state index contributed by atoms with van der Waals surface area (Å²) in [7, 11) is 0.701. The maximum absolute atomic E-state index is 9.01. The molecule has 3 nitrogen and oxygen atoms in total. The Balaban J connectivity index is 1.52. The quantitative estimate of drug-likeness (QED) is 0.250. The molecule has 0 aliphatic carbocycles. The molecule has 0 saturated heterocycles. The van der Waals surface area contributed by atoms with E-state index >= 15 is 0 Å². The Morgan fingerprint density at radius 1 is 0.600 bits per heavy atom. The van der Waals surface area contributed by atoms with Crippen molar-refractivity contribution in [3.63, 3.8) is 0 Å². The summed E-state index contributed by atoms with van der Waals surface area (Å²) in [4.78, 5) is 2.28. The molecular formula is C30H21BNO2S. The van der Waals surface area contributed by atoms with Gasteiger partial charge in [-0.15, -0.1) is 11.3 Å². The summed E-state index contributed by atoms with van der Waals surface area (Å²) in [5, 5.41) is 11.5. The summed E-state index contributed by atoms with van der Waals surface area (Å²) in [6.07, 6.45) is 0. The molecule has 1 N–H and O–H groups in total. The number of hydrogen-bond donors (Lipinski definition) is 1. The molecule has 0 amide bonds. The minimum Gasteiger partial charge on any atom is -0.537 e. The number of thiophene rings is 1. The molecule has 0 fully saturated rings. The van der Waals surface area contributed by atoms with Crippen molar-refractivity contribution in [2.24, 2.45) is 0 Å². The zero-order chi connectivity index (χ0) is 23.6. The Labute approximate surface area is 208 Å². The highest BCUT2D eigenvalue weighted by Gasteiger charge is 2.18. The second-order valence-corrected chi connectivity index (χ2v) is 9.27. The van der Waals surface area contributed by atoms with Gasteiger partial charge < -0.3 is 14.6 Å². The Hall–Kier alpha value is -4.06. The van der Waals surface area contributed by atoms with Crippen molar-refractivity contribution >= 4 is 56.3 Å². The minimum atomic E-state index is 0.579. The predicted molar refractivity (Wildman–Crippen MR) is 148 cm³/mol. The molecule has 0 unspecified atom stereocenters. The van der Waals surface area contributed by atoms with Gasteiger partial charge in [0.2, 0.25) is 0 Å². The van der Waals surface area contributed by atoms with Gasteiger partial charge in [0, 0.05) is 26.8 Å². The third-order valence-electron chi connectivity index (χ3n) is 6.14. The van der Waals surface area contributed by atoms with Crippen LogP contribution in [0.5, 0.6) is 5.75 Å². The average Bonchev–Trinajstić information content (AvgIpc) is 3.31. The van der Waals surface area contributed by atoms with Gasteiger partial charge in [0.15, 0.2) is 0 Å². The maximum atomic E-state index is 9.01. The first-order chi connectivity index (χ1) is 17.3. The first kappa shape index (κ1) is 21.5. The molecule has 35 heavy (non-hydrogen) atoms. The topological polar surface area (TPSA) is 32.7 Å². The third-order valence-corrected chi connectivity index (χ3v) is 7.35. The normalized spacial score (nSPS) is 11.0. The Kier molecular flexibility index (Phi) is 5.71. The lowest BCUT2D eigenvalue weighted by Gasteiger charge is -2.26. The summed E-state index contributed by atoms with van der Waals surface area (Å²) < 4.78 is 7.66. The van der Waals surface area contributed by atoms with Crippen LogP contribution < -0.4 is 9.55 Å². The molecule has 0 aliphatic rings. The molecule has 5 heteroatoms. The van der Waals surface area contributed by atoms with Gasteiger partial charge in [-0.3, -0.25) is 0 Å². The van der Waals surface area contributed by atoms with Crippen molar-refractivity contribution in [3.05, 3.63) is 121 Å². The lowest BCUT2D eigenvalue weighted by atomic mass is 10.0. The van der Waals surface area contributed by atoms with E-state index in [0.29, 0.717) is 13.4 Å². The van der Waals surface area contributed by atoms with Crippen molar-refractivity contribution in [2.75, 3.05) is 4.90 Å². The van der Waals surface area contributed by atoms with Gasteiger partial charge in [-0.2, -0.15) is 0 Å². The van der Waals surface area contributed by atoms with Crippen LogP contribution in [0.1, 0.15) is 0 Å². The summed E-state index contributed by atoms with van der Waals surface area (Å²) in [5.74, 6) is 0.579. The van der Waals surface area contributed by atoms with E-state index in [2.05, 4.69) is 95.9 Å². The van der Waals surface area contributed by atoms with Crippen molar-refractivity contribution in [3.8, 4) is 16.9 Å². The first-order valence-corrected chi connectivity index (χ1v) is 12.2.